The van der Waals surface area contributed by atoms with Crippen LogP contribution in [0.15, 0.2) is 18.2 Å². The van der Waals surface area contributed by atoms with Gasteiger partial charge in [-0.05, 0) is 43.5 Å². The van der Waals surface area contributed by atoms with Gasteiger partial charge in [-0.1, -0.05) is 18.2 Å². The summed E-state index contributed by atoms with van der Waals surface area (Å²) in [6.45, 7) is 3.76. The lowest BCUT2D eigenvalue weighted by atomic mass is 9.84. The highest BCUT2D eigenvalue weighted by atomic mass is 19.1. The molecule has 1 heterocycles. The molecule has 16 heavy (non-hydrogen) atoms. The maximum Gasteiger partial charge on any atom is 0.122 e. The summed E-state index contributed by atoms with van der Waals surface area (Å²) in [6.07, 6.45) is 0.853. The summed E-state index contributed by atoms with van der Waals surface area (Å²) >= 11 is 0. The zero-order valence-corrected chi connectivity index (χ0v) is 9.76. The van der Waals surface area contributed by atoms with Crippen LogP contribution in [0.4, 0.5) is 4.39 Å². The Morgan fingerprint density at radius 1 is 1.56 bits per heavy atom. The van der Waals surface area contributed by atoms with E-state index in [1.165, 1.54) is 12.5 Å². The van der Waals surface area contributed by atoms with Crippen molar-refractivity contribution in [3.63, 3.8) is 0 Å². The average Bonchev–Trinajstić information content (AvgIpc) is 2.29. The number of halogens is 1. The predicted molar refractivity (Wildman–Crippen MR) is 62.1 cm³/mol. The third-order valence-electron chi connectivity index (χ3n) is 3.34. The van der Waals surface area contributed by atoms with Crippen molar-refractivity contribution in [1.82, 2.24) is 5.32 Å². The van der Waals surface area contributed by atoms with Crippen LogP contribution in [0.3, 0.4) is 0 Å². The molecule has 3 heteroatoms. The molecule has 88 valence electrons. The van der Waals surface area contributed by atoms with Crippen LogP contribution in [0.25, 0.3) is 0 Å². The first kappa shape index (κ1) is 11.6. The standard InChI is InChI=1S/C13H18FNO/c1-9-10-4-3-5-12(13(2,16)8-14)11(10)6-7-15-9/h3-5,9,15-16H,6-8H2,1-2H3/t9-,13?/m0/s1. The highest BCUT2D eigenvalue weighted by Crippen LogP contribution is 2.32. The van der Waals surface area contributed by atoms with Crippen LogP contribution in [0.5, 0.6) is 0 Å². The first-order chi connectivity index (χ1) is 7.56. The van der Waals surface area contributed by atoms with Crippen LogP contribution in [0.1, 0.15) is 36.6 Å². The minimum Gasteiger partial charge on any atom is -0.383 e. The van der Waals surface area contributed by atoms with E-state index >= 15 is 0 Å². The highest BCUT2D eigenvalue weighted by molar-refractivity contribution is 5.41. The number of aliphatic hydroxyl groups is 1. The minimum atomic E-state index is -1.36. The largest absolute Gasteiger partial charge is 0.383 e. The van der Waals surface area contributed by atoms with E-state index in [1.54, 1.807) is 0 Å². The van der Waals surface area contributed by atoms with E-state index in [1.807, 2.05) is 18.2 Å². The SMILES string of the molecule is C[C@@H]1NCCc2c1cccc2C(C)(O)CF. The second-order valence-electron chi connectivity index (χ2n) is 4.71. The number of hydrogen-bond donors (Lipinski definition) is 2. The molecule has 0 bridgehead atoms. The van der Waals surface area contributed by atoms with E-state index in [2.05, 4.69) is 12.2 Å². The Kier molecular flexibility index (Phi) is 3.00. The summed E-state index contributed by atoms with van der Waals surface area (Å²) in [5.41, 5.74) is 1.66. The smallest absolute Gasteiger partial charge is 0.122 e. The highest BCUT2D eigenvalue weighted by Gasteiger charge is 2.29. The van der Waals surface area contributed by atoms with Crippen molar-refractivity contribution in [3.05, 3.63) is 34.9 Å². The Bertz CT molecular complexity index is 390. The summed E-state index contributed by atoms with van der Waals surface area (Å²) < 4.78 is 12.9. The third kappa shape index (κ3) is 1.85. The second-order valence-corrected chi connectivity index (χ2v) is 4.71. The zero-order chi connectivity index (χ0) is 11.8. The van der Waals surface area contributed by atoms with Crippen molar-refractivity contribution < 1.29 is 9.50 Å². The lowest BCUT2D eigenvalue weighted by Gasteiger charge is -2.30. The average molecular weight is 223 g/mol. The number of benzene rings is 1. The van der Waals surface area contributed by atoms with Crippen molar-refractivity contribution in [2.24, 2.45) is 0 Å². The zero-order valence-electron chi connectivity index (χ0n) is 9.76. The molecular formula is C13H18FNO. The van der Waals surface area contributed by atoms with E-state index in [-0.39, 0.29) is 6.04 Å². The first-order valence-corrected chi connectivity index (χ1v) is 5.70. The minimum absolute atomic E-state index is 0.277. The quantitative estimate of drug-likeness (QED) is 0.804. The monoisotopic (exact) mass is 223 g/mol. The van der Waals surface area contributed by atoms with Crippen molar-refractivity contribution >= 4 is 0 Å². The fourth-order valence-corrected chi connectivity index (χ4v) is 2.39. The fraction of sp³-hybridized carbons (Fsp3) is 0.538. The Morgan fingerprint density at radius 3 is 3.00 bits per heavy atom. The van der Waals surface area contributed by atoms with E-state index in [0.717, 1.165) is 24.1 Å². The van der Waals surface area contributed by atoms with E-state index in [0.29, 0.717) is 0 Å². The predicted octanol–water partition coefficient (Wildman–Crippen LogP) is 2.07. The molecule has 0 fully saturated rings. The lowest BCUT2D eigenvalue weighted by molar-refractivity contribution is 0.0289. The third-order valence-corrected chi connectivity index (χ3v) is 3.34. The molecule has 2 atom stereocenters. The number of hydrogen-bond acceptors (Lipinski definition) is 2. The molecule has 1 unspecified atom stereocenters. The van der Waals surface area contributed by atoms with Gasteiger partial charge in [0.25, 0.3) is 0 Å². The van der Waals surface area contributed by atoms with E-state index in [4.69, 9.17) is 0 Å². The maximum atomic E-state index is 12.9. The van der Waals surface area contributed by atoms with Gasteiger partial charge in [0, 0.05) is 6.04 Å². The number of rotatable bonds is 2. The van der Waals surface area contributed by atoms with Crippen LogP contribution in [-0.4, -0.2) is 18.3 Å². The van der Waals surface area contributed by atoms with E-state index in [9.17, 15) is 9.50 Å². The van der Waals surface area contributed by atoms with Gasteiger partial charge in [-0.15, -0.1) is 0 Å². The van der Waals surface area contributed by atoms with Crippen molar-refractivity contribution in [3.8, 4) is 0 Å². The van der Waals surface area contributed by atoms with Crippen molar-refractivity contribution in [2.75, 3.05) is 13.2 Å². The van der Waals surface area contributed by atoms with Crippen LogP contribution in [0.2, 0.25) is 0 Å². The van der Waals surface area contributed by atoms with E-state index < -0.39 is 12.3 Å². The normalized spacial score (nSPS) is 23.6. The van der Waals surface area contributed by atoms with Crippen molar-refractivity contribution in [1.29, 1.82) is 0 Å². The molecule has 0 aromatic heterocycles. The second kappa shape index (κ2) is 4.15. The molecule has 0 saturated heterocycles. The van der Waals surface area contributed by atoms with Gasteiger partial charge < -0.3 is 10.4 Å². The molecule has 0 spiro atoms. The van der Waals surface area contributed by atoms with Gasteiger partial charge >= 0.3 is 0 Å². The molecule has 0 aliphatic carbocycles. The van der Waals surface area contributed by atoms with Gasteiger partial charge in [0.1, 0.15) is 12.3 Å². The van der Waals surface area contributed by atoms with Gasteiger partial charge in [0.05, 0.1) is 0 Å². The molecule has 1 aliphatic rings. The molecule has 0 saturated carbocycles. The van der Waals surface area contributed by atoms with Crippen LogP contribution >= 0.6 is 0 Å². The summed E-state index contributed by atoms with van der Waals surface area (Å²) in [6, 6.07) is 6.04. The van der Waals surface area contributed by atoms with Gasteiger partial charge in [-0.25, -0.2) is 4.39 Å². The molecule has 1 aromatic rings. The maximum absolute atomic E-state index is 12.9. The molecule has 2 N–H and O–H groups in total. The number of alkyl halides is 1. The van der Waals surface area contributed by atoms with Gasteiger partial charge in [0.2, 0.25) is 0 Å². The Balaban J connectivity index is 2.52. The topological polar surface area (TPSA) is 32.3 Å². The van der Waals surface area contributed by atoms with Crippen LogP contribution in [0, 0.1) is 0 Å². The Morgan fingerprint density at radius 2 is 2.31 bits per heavy atom. The van der Waals surface area contributed by atoms with Gasteiger partial charge in [-0.2, -0.15) is 0 Å². The number of nitrogens with one attached hydrogen (secondary N) is 1. The molecule has 1 aliphatic heterocycles. The lowest BCUT2D eigenvalue weighted by Crippen LogP contribution is -2.32. The molecule has 2 nitrogen and oxygen atoms in total. The van der Waals surface area contributed by atoms with Crippen LogP contribution < -0.4 is 5.32 Å². The Labute approximate surface area is 95.5 Å². The summed E-state index contributed by atoms with van der Waals surface area (Å²) in [5, 5.41) is 13.4. The summed E-state index contributed by atoms with van der Waals surface area (Å²) in [5.74, 6) is 0. The van der Waals surface area contributed by atoms with Gasteiger partial charge in [-0.3, -0.25) is 0 Å². The van der Waals surface area contributed by atoms with Crippen LogP contribution in [-0.2, 0) is 12.0 Å². The molecule has 1 aromatic carbocycles. The van der Waals surface area contributed by atoms with Gasteiger partial charge in [0.15, 0.2) is 0 Å². The Hall–Kier alpha value is -0.930. The van der Waals surface area contributed by atoms with Crippen molar-refractivity contribution in [2.45, 2.75) is 31.9 Å². The molecule has 2 rings (SSSR count). The molecular weight excluding hydrogens is 205 g/mol. The fourth-order valence-electron chi connectivity index (χ4n) is 2.39. The first-order valence-electron chi connectivity index (χ1n) is 5.70. The molecule has 0 amide bonds. The number of fused-ring (bicyclic) bond motifs is 1. The summed E-state index contributed by atoms with van der Waals surface area (Å²) in [7, 11) is 0. The summed E-state index contributed by atoms with van der Waals surface area (Å²) in [4.78, 5) is 0. The molecule has 0 radical (unpaired) electrons.